The van der Waals surface area contributed by atoms with E-state index in [1.54, 1.807) is 18.5 Å². The van der Waals surface area contributed by atoms with Crippen LogP contribution in [0.25, 0.3) is 22.0 Å². The summed E-state index contributed by atoms with van der Waals surface area (Å²) in [6.45, 7) is 2.15. The highest BCUT2D eigenvalue weighted by Crippen LogP contribution is 2.27. The highest BCUT2D eigenvalue weighted by atomic mass is 19.1. The van der Waals surface area contributed by atoms with Gasteiger partial charge in [-0.2, -0.15) is 5.10 Å². The van der Waals surface area contributed by atoms with Gasteiger partial charge in [-0.3, -0.25) is 19.4 Å². The molecule has 1 saturated heterocycles. The van der Waals surface area contributed by atoms with Gasteiger partial charge in [0, 0.05) is 35.1 Å². The van der Waals surface area contributed by atoms with Crippen molar-refractivity contribution in [1.29, 1.82) is 0 Å². The molecule has 32 heavy (non-hydrogen) atoms. The second kappa shape index (κ2) is 8.43. The van der Waals surface area contributed by atoms with Crippen LogP contribution in [0.15, 0.2) is 55.4 Å². The highest BCUT2D eigenvalue weighted by Gasteiger charge is 2.19. The third-order valence-corrected chi connectivity index (χ3v) is 5.77. The number of hydrogen-bond donors (Lipinski definition) is 1. The SMILES string of the molecule is CN1CCC(n2cc(-c3cnc4cnc(NC(=O)c5cncc(F)c5)cc4c3)cn2)CC1. The number of anilines is 1. The molecule has 1 N–H and O–H groups in total. The van der Waals surface area contributed by atoms with Crippen molar-refractivity contribution in [2.45, 2.75) is 18.9 Å². The number of nitrogens with zero attached hydrogens (tertiary/aromatic N) is 6. The summed E-state index contributed by atoms with van der Waals surface area (Å²) in [4.78, 5) is 27.2. The lowest BCUT2D eigenvalue weighted by atomic mass is 10.1. The summed E-state index contributed by atoms with van der Waals surface area (Å²) in [6, 6.07) is 5.29. The van der Waals surface area contributed by atoms with Gasteiger partial charge in [-0.15, -0.1) is 0 Å². The standard InChI is InChI=1S/C23H22FN7O/c1-30-4-2-20(3-5-30)31-14-18(11-28-31)16-6-15-8-22(27-13-21(15)26-10-16)29-23(32)17-7-19(24)12-25-9-17/h6-14,20H,2-5H2,1H3,(H,27,29,32). The molecule has 0 spiro atoms. The minimum absolute atomic E-state index is 0.125. The fourth-order valence-electron chi connectivity index (χ4n) is 3.93. The van der Waals surface area contributed by atoms with Crippen LogP contribution < -0.4 is 5.32 Å². The van der Waals surface area contributed by atoms with Gasteiger partial charge in [0.1, 0.15) is 11.6 Å². The van der Waals surface area contributed by atoms with E-state index in [1.165, 1.54) is 6.20 Å². The van der Waals surface area contributed by atoms with Gasteiger partial charge in [0.05, 0.1) is 35.7 Å². The zero-order chi connectivity index (χ0) is 22.1. The molecule has 8 nitrogen and oxygen atoms in total. The Morgan fingerprint density at radius 1 is 1.03 bits per heavy atom. The third-order valence-electron chi connectivity index (χ3n) is 5.77. The number of likely N-dealkylation sites (tertiary alicyclic amines) is 1. The summed E-state index contributed by atoms with van der Waals surface area (Å²) in [5.74, 6) is -0.696. The molecule has 0 aliphatic carbocycles. The quantitative estimate of drug-likeness (QED) is 0.532. The summed E-state index contributed by atoms with van der Waals surface area (Å²) in [5.41, 5.74) is 2.77. The molecule has 0 atom stereocenters. The van der Waals surface area contributed by atoms with Crippen LogP contribution in [0.4, 0.5) is 10.2 Å². The van der Waals surface area contributed by atoms with Crippen molar-refractivity contribution >= 4 is 22.6 Å². The van der Waals surface area contributed by atoms with Crippen molar-refractivity contribution in [3.05, 3.63) is 66.8 Å². The fraction of sp³-hybridized carbons (Fsp3) is 0.261. The zero-order valence-electron chi connectivity index (χ0n) is 17.6. The predicted octanol–water partition coefficient (Wildman–Crippen LogP) is 3.55. The lowest BCUT2D eigenvalue weighted by Gasteiger charge is -2.28. The first kappa shape index (κ1) is 20.2. The van der Waals surface area contributed by atoms with Crippen LogP contribution in [0.3, 0.4) is 0 Å². The van der Waals surface area contributed by atoms with E-state index in [4.69, 9.17) is 0 Å². The van der Waals surface area contributed by atoms with Gasteiger partial charge in [0.2, 0.25) is 0 Å². The van der Waals surface area contributed by atoms with E-state index in [-0.39, 0.29) is 5.56 Å². The summed E-state index contributed by atoms with van der Waals surface area (Å²) in [7, 11) is 2.14. The monoisotopic (exact) mass is 431 g/mol. The second-order valence-corrected chi connectivity index (χ2v) is 8.08. The number of pyridine rings is 3. The molecule has 1 aliphatic heterocycles. The normalized spacial score (nSPS) is 15.2. The van der Waals surface area contributed by atoms with Crippen molar-refractivity contribution in [3.63, 3.8) is 0 Å². The van der Waals surface area contributed by atoms with Gasteiger partial charge < -0.3 is 10.2 Å². The highest BCUT2D eigenvalue weighted by molar-refractivity contribution is 6.04. The molecule has 5 heterocycles. The van der Waals surface area contributed by atoms with E-state index >= 15 is 0 Å². The number of piperidine rings is 1. The Bertz CT molecular complexity index is 1280. The van der Waals surface area contributed by atoms with Crippen molar-refractivity contribution < 1.29 is 9.18 Å². The first-order chi connectivity index (χ1) is 15.5. The lowest BCUT2D eigenvalue weighted by molar-refractivity contribution is 0.102. The molecule has 4 aromatic rings. The summed E-state index contributed by atoms with van der Waals surface area (Å²) < 4.78 is 15.4. The van der Waals surface area contributed by atoms with E-state index < -0.39 is 11.7 Å². The number of halogens is 1. The molecular weight excluding hydrogens is 409 g/mol. The van der Waals surface area contributed by atoms with Crippen LogP contribution in [0.2, 0.25) is 0 Å². The summed E-state index contributed by atoms with van der Waals surface area (Å²) in [5, 5.41) is 8.10. The number of carbonyl (C=O) groups is 1. The maximum atomic E-state index is 13.3. The van der Waals surface area contributed by atoms with Crippen LogP contribution in [-0.2, 0) is 0 Å². The van der Waals surface area contributed by atoms with Gasteiger partial charge in [-0.05, 0) is 51.2 Å². The third kappa shape index (κ3) is 4.19. The van der Waals surface area contributed by atoms with Gasteiger partial charge in [-0.25, -0.2) is 9.37 Å². The van der Waals surface area contributed by atoms with Crippen molar-refractivity contribution in [2.24, 2.45) is 0 Å². The van der Waals surface area contributed by atoms with Gasteiger partial charge in [0.25, 0.3) is 5.91 Å². The number of rotatable bonds is 4. The first-order valence-electron chi connectivity index (χ1n) is 10.5. The number of aromatic nitrogens is 5. The summed E-state index contributed by atoms with van der Waals surface area (Å²) >= 11 is 0. The molecule has 4 aromatic heterocycles. The first-order valence-corrected chi connectivity index (χ1v) is 10.5. The van der Waals surface area contributed by atoms with E-state index in [0.29, 0.717) is 17.4 Å². The van der Waals surface area contributed by atoms with Crippen LogP contribution in [0.5, 0.6) is 0 Å². The van der Waals surface area contributed by atoms with Crippen LogP contribution in [0.1, 0.15) is 29.2 Å². The zero-order valence-corrected chi connectivity index (χ0v) is 17.6. The molecule has 0 aromatic carbocycles. The number of carbonyl (C=O) groups excluding carboxylic acids is 1. The van der Waals surface area contributed by atoms with Crippen LogP contribution >= 0.6 is 0 Å². The molecule has 0 unspecified atom stereocenters. The minimum atomic E-state index is -0.571. The molecule has 9 heteroatoms. The molecule has 5 rings (SSSR count). The Labute approximate surface area is 184 Å². The maximum absolute atomic E-state index is 13.3. The molecule has 162 valence electrons. The van der Waals surface area contributed by atoms with E-state index in [1.807, 2.05) is 12.3 Å². The van der Waals surface area contributed by atoms with Gasteiger partial charge in [0.15, 0.2) is 0 Å². The summed E-state index contributed by atoms with van der Waals surface area (Å²) in [6.07, 6.45) is 11.9. The molecule has 1 fully saturated rings. The second-order valence-electron chi connectivity index (χ2n) is 8.08. The molecule has 1 aliphatic rings. The van der Waals surface area contributed by atoms with E-state index in [2.05, 4.69) is 48.2 Å². The smallest absolute Gasteiger partial charge is 0.258 e. The molecule has 0 radical (unpaired) electrons. The van der Waals surface area contributed by atoms with Crippen LogP contribution in [-0.4, -0.2) is 55.7 Å². The minimum Gasteiger partial charge on any atom is -0.306 e. The number of amides is 1. The van der Waals surface area contributed by atoms with Crippen molar-refractivity contribution in [1.82, 2.24) is 29.6 Å². The fourth-order valence-corrected chi connectivity index (χ4v) is 3.93. The van der Waals surface area contributed by atoms with Gasteiger partial charge in [-0.1, -0.05) is 0 Å². The number of fused-ring (bicyclic) bond motifs is 1. The van der Waals surface area contributed by atoms with E-state index in [9.17, 15) is 9.18 Å². The molecular formula is C23H22FN7O. The Morgan fingerprint density at radius 2 is 1.88 bits per heavy atom. The molecule has 0 saturated carbocycles. The Kier molecular flexibility index (Phi) is 5.32. The Balaban J connectivity index is 1.37. The Hall–Kier alpha value is -3.72. The number of nitrogens with one attached hydrogen (secondary N) is 1. The van der Waals surface area contributed by atoms with Gasteiger partial charge >= 0.3 is 0 Å². The topological polar surface area (TPSA) is 88.8 Å². The lowest BCUT2D eigenvalue weighted by Crippen LogP contribution is -2.31. The average Bonchev–Trinajstić information content (AvgIpc) is 3.29. The predicted molar refractivity (Wildman–Crippen MR) is 119 cm³/mol. The molecule has 0 bridgehead atoms. The van der Waals surface area contributed by atoms with Crippen molar-refractivity contribution in [2.75, 3.05) is 25.5 Å². The average molecular weight is 431 g/mol. The maximum Gasteiger partial charge on any atom is 0.258 e. The largest absolute Gasteiger partial charge is 0.306 e. The Morgan fingerprint density at radius 3 is 2.69 bits per heavy atom. The molecule has 1 amide bonds. The van der Waals surface area contributed by atoms with Crippen LogP contribution in [0, 0.1) is 5.82 Å². The van der Waals surface area contributed by atoms with Crippen molar-refractivity contribution in [3.8, 4) is 11.1 Å². The van der Waals surface area contributed by atoms with E-state index in [0.717, 1.165) is 54.7 Å². The number of hydrogen-bond acceptors (Lipinski definition) is 6.